The number of halogens is 4. The normalized spacial score (nSPS) is 12.2. The second-order valence-corrected chi connectivity index (χ2v) is 6.44. The van der Waals surface area contributed by atoms with Crippen LogP contribution >= 0.6 is 11.6 Å². The number of rotatable bonds is 4. The number of amidine groups is 1. The lowest BCUT2D eigenvalue weighted by Gasteiger charge is -2.07. The summed E-state index contributed by atoms with van der Waals surface area (Å²) < 4.78 is 41.5. The molecule has 3 aromatic rings. The molecule has 0 radical (unpaired) electrons. The predicted octanol–water partition coefficient (Wildman–Crippen LogP) is 3.75. The molecule has 1 heterocycles. The van der Waals surface area contributed by atoms with Crippen LogP contribution in [0, 0.1) is 17.5 Å². The fourth-order valence-corrected chi connectivity index (χ4v) is 2.71. The quantitative estimate of drug-likeness (QED) is 0.356. The number of hydrogen-bond acceptors (Lipinski definition) is 4. The van der Waals surface area contributed by atoms with Crippen LogP contribution in [0.4, 0.5) is 18.9 Å². The minimum absolute atomic E-state index is 0.0214. The number of hydroxylamine groups is 1. The Morgan fingerprint density at radius 1 is 1.26 bits per heavy atom. The Morgan fingerprint density at radius 3 is 2.63 bits per heavy atom. The molecule has 27 heavy (non-hydrogen) atoms. The van der Waals surface area contributed by atoms with Crippen molar-refractivity contribution in [1.82, 2.24) is 20.3 Å². The fraction of sp³-hybridized carbons (Fsp3) is 0.176. The van der Waals surface area contributed by atoms with Gasteiger partial charge in [-0.15, -0.1) is 0 Å². The van der Waals surface area contributed by atoms with E-state index in [0.717, 1.165) is 12.1 Å². The molecule has 0 fully saturated rings. The molecule has 1 aromatic heterocycles. The van der Waals surface area contributed by atoms with Crippen LogP contribution < -0.4 is 5.48 Å². The molecule has 142 valence electrons. The Morgan fingerprint density at radius 2 is 2.00 bits per heavy atom. The summed E-state index contributed by atoms with van der Waals surface area (Å²) in [5, 5.41) is 9.32. The highest BCUT2D eigenvalue weighted by molar-refractivity contribution is 6.31. The number of aromatic nitrogens is 2. The van der Waals surface area contributed by atoms with E-state index in [1.165, 1.54) is 12.1 Å². The number of hydrogen-bond donors (Lipinski definition) is 3. The smallest absolute Gasteiger partial charge is 0.184 e. The van der Waals surface area contributed by atoms with Crippen molar-refractivity contribution in [2.24, 2.45) is 4.99 Å². The molecule has 2 aromatic carbocycles. The SMILES string of the molecule is CN(C)Cc1nc2c(C(=Nc3ccc(F)c(Cl)c3)NO)cc(F)c(F)c2[nH]1. The second kappa shape index (κ2) is 7.55. The van der Waals surface area contributed by atoms with E-state index in [1.54, 1.807) is 19.0 Å². The lowest BCUT2D eigenvalue weighted by Crippen LogP contribution is -2.21. The lowest BCUT2D eigenvalue weighted by atomic mass is 10.1. The van der Waals surface area contributed by atoms with Crippen LogP contribution in [0.15, 0.2) is 29.3 Å². The topological polar surface area (TPSA) is 76.5 Å². The number of imidazole rings is 1. The zero-order valence-corrected chi connectivity index (χ0v) is 15.1. The number of aliphatic imine (C=N–C) groups is 1. The van der Waals surface area contributed by atoms with E-state index in [9.17, 15) is 18.4 Å². The first-order valence-electron chi connectivity index (χ1n) is 7.75. The minimum Gasteiger partial charge on any atom is -0.338 e. The molecule has 0 saturated carbocycles. The second-order valence-electron chi connectivity index (χ2n) is 6.04. The van der Waals surface area contributed by atoms with E-state index < -0.39 is 17.5 Å². The van der Waals surface area contributed by atoms with Crippen molar-refractivity contribution in [2.75, 3.05) is 14.1 Å². The van der Waals surface area contributed by atoms with Crippen molar-refractivity contribution >= 4 is 34.2 Å². The molecule has 3 rings (SSSR count). The number of fused-ring (bicyclic) bond motifs is 1. The van der Waals surface area contributed by atoms with Gasteiger partial charge in [0.05, 0.1) is 22.8 Å². The number of nitrogens with zero attached hydrogens (tertiary/aromatic N) is 3. The van der Waals surface area contributed by atoms with E-state index in [0.29, 0.717) is 12.4 Å². The van der Waals surface area contributed by atoms with Crippen LogP contribution in [0.3, 0.4) is 0 Å². The Balaban J connectivity index is 2.17. The van der Waals surface area contributed by atoms with E-state index in [-0.39, 0.29) is 33.1 Å². The average molecular weight is 398 g/mol. The molecule has 6 nitrogen and oxygen atoms in total. The monoisotopic (exact) mass is 397 g/mol. The Hall–Kier alpha value is -2.62. The van der Waals surface area contributed by atoms with Crippen molar-refractivity contribution in [1.29, 1.82) is 0 Å². The van der Waals surface area contributed by atoms with Crippen LogP contribution in [-0.2, 0) is 6.54 Å². The molecule has 0 atom stereocenters. The molecule has 0 spiro atoms. The molecule has 0 aliphatic carbocycles. The number of H-pyrrole nitrogens is 1. The summed E-state index contributed by atoms with van der Waals surface area (Å²) in [5.41, 5.74) is 2.00. The highest BCUT2D eigenvalue weighted by Gasteiger charge is 2.20. The molecule has 0 amide bonds. The van der Waals surface area contributed by atoms with Gasteiger partial charge in [0, 0.05) is 0 Å². The summed E-state index contributed by atoms with van der Waals surface area (Å²) in [6, 6.07) is 4.51. The Bertz CT molecular complexity index is 1040. The van der Waals surface area contributed by atoms with Crippen molar-refractivity contribution < 1.29 is 18.4 Å². The molecule has 3 N–H and O–H groups in total. The first kappa shape index (κ1) is 19.2. The van der Waals surface area contributed by atoms with E-state index >= 15 is 0 Å². The van der Waals surface area contributed by atoms with Gasteiger partial charge in [0.2, 0.25) is 0 Å². The summed E-state index contributed by atoms with van der Waals surface area (Å²) in [7, 11) is 3.59. The van der Waals surface area contributed by atoms with Crippen molar-refractivity contribution in [3.63, 3.8) is 0 Å². The third-order valence-corrected chi connectivity index (χ3v) is 3.97. The lowest BCUT2D eigenvalue weighted by molar-refractivity contribution is 0.235. The third-order valence-electron chi connectivity index (χ3n) is 3.68. The molecule has 0 saturated heterocycles. The Labute approximate surface area is 157 Å². The highest BCUT2D eigenvalue weighted by atomic mass is 35.5. The van der Waals surface area contributed by atoms with Gasteiger partial charge in [-0.3, -0.25) is 10.7 Å². The summed E-state index contributed by atoms with van der Waals surface area (Å²) >= 11 is 5.72. The maximum Gasteiger partial charge on any atom is 0.184 e. The van der Waals surface area contributed by atoms with Gasteiger partial charge in [-0.05, 0) is 38.4 Å². The first-order valence-corrected chi connectivity index (χ1v) is 8.13. The molecule has 0 aliphatic rings. The third kappa shape index (κ3) is 3.90. The predicted molar refractivity (Wildman–Crippen MR) is 95.9 cm³/mol. The van der Waals surface area contributed by atoms with E-state index in [2.05, 4.69) is 15.0 Å². The summed E-state index contributed by atoms with van der Waals surface area (Å²) in [6.45, 7) is 0.363. The van der Waals surface area contributed by atoms with E-state index in [1.807, 2.05) is 5.48 Å². The van der Waals surface area contributed by atoms with Gasteiger partial charge in [0.15, 0.2) is 17.5 Å². The standard InChI is InChI=1S/C17H15ClF3N5O/c1-26(2)7-13-23-15-9(6-12(20)14(21)16(15)24-13)17(25-27)22-8-3-4-11(19)10(18)5-8/h3-6,27H,7H2,1-2H3,(H,22,25)(H,23,24). The fourth-order valence-electron chi connectivity index (χ4n) is 2.54. The molecule has 0 aliphatic heterocycles. The summed E-state index contributed by atoms with van der Waals surface area (Å²) in [5.74, 6) is -2.66. The molecule has 10 heteroatoms. The number of nitrogens with one attached hydrogen (secondary N) is 2. The van der Waals surface area contributed by atoms with E-state index in [4.69, 9.17) is 11.6 Å². The van der Waals surface area contributed by atoms with Crippen LogP contribution in [-0.4, -0.2) is 40.0 Å². The zero-order valence-electron chi connectivity index (χ0n) is 14.3. The van der Waals surface area contributed by atoms with Gasteiger partial charge in [0.1, 0.15) is 22.7 Å². The zero-order chi connectivity index (χ0) is 19.7. The molecular formula is C17H15ClF3N5O. The van der Waals surface area contributed by atoms with Crippen LogP contribution in [0.2, 0.25) is 5.02 Å². The van der Waals surface area contributed by atoms with Gasteiger partial charge in [-0.1, -0.05) is 11.6 Å². The average Bonchev–Trinajstić information content (AvgIpc) is 3.02. The van der Waals surface area contributed by atoms with Crippen molar-refractivity contribution in [2.45, 2.75) is 6.54 Å². The largest absolute Gasteiger partial charge is 0.338 e. The molecule has 0 unspecified atom stereocenters. The summed E-state index contributed by atoms with van der Waals surface area (Å²) in [6.07, 6.45) is 0. The summed E-state index contributed by atoms with van der Waals surface area (Å²) in [4.78, 5) is 12.9. The van der Waals surface area contributed by atoms with Crippen LogP contribution in [0.5, 0.6) is 0 Å². The van der Waals surface area contributed by atoms with Gasteiger partial charge >= 0.3 is 0 Å². The van der Waals surface area contributed by atoms with Gasteiger partial charge in [-0.25, -0.2) is 23.1 Å². The maximum atomic E-state index is 14.2. The first-order chi connectivity index (χ1) is 12.8. The number of aromatic amines is 1. The van der Waals surface area contributed by atoms with Gasteiger partial charge in [0.25, 0.3) is 0 Å². The van der Waals surface area contributed by atoms with Crippen LogP contribution in [0.1, 0.15) is 11.4 Å². The molecular weight excluding hydrogens is 383 g/mol. The van der Waals surface area contributed by atoms with Crippen molar-refractivity contribution in [3.05, 3.63) is 58.1 Å². The maximum absolute atomic E-state index is 14.2. The van der Waals surface area contributed by atoms with Crippen LogP contribution in [0.25, 0.3) is 11.0 Å². The highest BCUT2D eigenvalue weighted by Crippen LogP contribution is 2.26. The Kier molecular flexibility index (Phi) is 5.36. The van der Waals surface area contributed by atoms with Gasteiger partial charge < -0.3 is 9.88 Å². The van der Waals surface area contributed by atoms with Crippen molar-refractivity contribution in [3.8, 4) is 0 Å². The molecule has 0 bridgehead atoms. The minimum atomic E-state index is -1.14. The number of benzene rings is 2. The van der Waals surface area contributed by atoms with Gasteiger partial charge in [-0.2, -0.15) is 0 Å².